The van der Waals surface area contributed by atoms with Crippen LogP contribution >= 0.6 is 0 Å². The number of allylic oxidation sites excluding steroid dienone is 1. The first-order valence-electron chi connectivity index (χ1n) is 6.05. The lowest BCUT2D eigenvalue weighted by Gasteiger charge is -2.24. The molecule has 0 saturated heterocycles. The van der Waals surface area contributed by atoms with Crippen molar-refractivity contribution in [2.24, 2.45) is 0 Å². The second-order valence-electron chi connectivity index (χ2n) is 4.23. The van der Waals surface area contributed by atoms with Gasteiger partial charge in [-0.15, -0.1) is 0 Å². The average molecular weight is 228 g/mol. The predicted octanol–water partition coefficient (Wildman–Crippen LogP) is 3.39. The van der Waals surface area contributed by atoms with Crippen molar-refractivity contribution in [3.8, 4) is 0 Å². The smallest absolute Gasteiger partial charge is 0.335 e. The lowest BCUT2D eigenvalue weighted by Crippen LogP contribution is -2.38. The fourth-order valence-corrected chi connectivity index (χ4v) is 1.46. The van der Waals surface area contributed by atoms with E-state index in [0.717, 1.165) is 25.7 Å². The topological polar surface area (TPSA) is 46.5 Å². The largest absolute Gasteiger partial charge is 0.479 e. The minimum Gasteiger partial charge on any atom is -0.479 e. The summed E-state index contributed by atoms with van der Waals surface area (Å²) >= 11 is 0. The Bertz CT molecular complexity index is 223. The lowest BCUT2D eigenvalue weighted by atomic mass is 9.98. The molecule has 0 aliphatic rings. The monoisotopic (exact) mass is 228 g/mol. The molecule has 0 heterocycles. The van der Waals surface area contributed by atoms with Gasteiger partial charge < -0.3 is 9.84 Å². The number of aliphatic carboxylic acids is 1. The van der Waals surface area contributed by atoms with Crippen molar-refractivity contribution in [2.75, 3.05) is 6.61 Å². The quantitative estimate of drug-likeness (QED) is 0.486. The molecule has 0 bridgehead atoms. The van der Waals surface area contributed by atoms with E-state index in [1.165, 1.54) is 0 Å². The van der Waals surface area contributed by atoms with Crippen LogP contribution in [0.5, 0.6) is 0 Å². The number of carbonyl (C=O) groups is 1. The fourth-order valence-electron chi connectivity index (χ4n) is 1.46. The van der Waals surface area contributed by atoms with Gasteiger partial charge in [0, 0.05) is 0 Å². The van der Waals surface area contributed by atoms with Crippen molar-refractivity contribution in [1.29, 1.82) is 0 Å². The van der Waals surface area contributed by atoms with Crippen molar-refractivity contribution < 1.29 is 14.6 Å². The van der Waals surface area contributed by atoms with Gasteiger partial charge in [-0.2, -0.15) is 0 Å². The molecule has 0 amide bonds. The Morgan fingerprint density at radius 2 is 2.06 bits per heavy atom. The van der Waals surface area contributed by atoms with Gasteiger partial charge in [-0.25, -0.2) is 4.79 Å². The number of hydrogen-bond acceptors (Lipinski definition) is 2. The van der Waals surface area contributed by atoms with Gasteiger partial charge in [0.15, 0.2) is 5.60 Å². The molecule has 0 aliphatic carbocycles. The Labute approximate surface area is 98.5 Å². The third-order valence-corrected chi connectivity index (χ3v) is 2.69. The standard InChI is InChI=1S/C13H24O3/c1-4-6-8-9-10-13(3,12(14)15)16-11-7-5-2/h5,7H,4,6,8-11H2,1-3H3,(H,14,15). The van der Waals surface area contributed by atoms with Gasteiger partial charge in [0.1, 0.15) is 0 Å². The number of carboxylic acids is 1. The highest BCUT2D eigenvalue weighted by Crippen LogP contribution is 2.20. The Hall–Kier alpha value is -0.830. The maximum absolute atomic E-state index is 11.1. The van der Waals surface area contributed by atoms with Crippen LogP contribution in [-0.4, -0.2) is 23.3 Å². The van der Waals surface area contributed by atoms with Crippen LogP contribution in [0.15, 0.2) is 12.2 Å². The molecule has 1 unspecified atom stereocenters. The molecular weight excluding hydrogens is 204 g/mol. The Kier molecular flexibility index (Phi) is 7.90. The minimum atomic E-state index is -1.03. The molecule has 1 atom stereocenters. The van der Waals surface area contributed by atoms with E-state index in [-0.39, 0.29) is 0 Å². The van der Waals surface area contributed by atoms with Crippen molar-refractivity contribution in [3.05, 3.63) is 12.2 Å². The maximum atomic E-state index is 11.1. The van der Waals surface area contributed by atoms with Crippen LogP contribution in [0.2, 0.25) is 0 Å². The summed E-state index contributed by atoms with van der Waals surface area (Å²) < 4.78 is 5.43. The Morgan fingerprint density at radius 3 is 2.56 bits per heavy atom. The summed E-state index contributed by atoms with van der Waals surface area (Å²) in [6.07, 6.45) is 8.57. The van der Waals surface area contributed by atoms with E-state index >= 15 is 0 Å². The van der Waals surface area contributed by atoms with Crippen LogP contribution in [0, 0.1) is 0 Å². The summed E-state index contributed by atoms with van der Waals surface area (Å²) in [7, 11) is 0. The van der Waals surface area contributed by atoms with Crippen LogP contribution in [0.25, 0.3) is 0 Å². The Morgan fingerprint density at radius 1 is 1.38 bits per heavy atom. The number of hydrogen-bond donors (Lipinski definition) is 1. The third kappa shape index (κ3) is 5.91. The SMILES string of the molecule is CC=CCOC(C)(CCCCCC)C(=O)O. The number of unbranched alkanes of at least 4 members (excludes halogenated alkanes) is 3. The molecular formula is C13H24O3. The van der Waals surface area contributed by atoms with E-state index < -0.39 is 11.6 Å². The van der Waals surface area contributed by atoms with Crippen LogP contribution in [0.4, 0.5) is 0 Å². The fraction of sp³-hybridized carbons (Fsp3) is 0.769. The molecule has 0 rings (SSSR count). The summed E-state index contributed by atoms with van der Waals surface area (Å²) in [5, 5.41) is 9.14. The molecule has 0 aromatic rings. The highest BCUT2D eigenvalue weighted by Gasteiger charge is 2.32. The highest BCUT2D eigenvalue weighted by molar-refractivity contribution is 5.76. The molecule has 0 aromatic heterocycles. The van der Waals surface area contributed by atoms with E-state index in [1.807, 2.05) is 19.1 Å². The first-order valence-corrected chi connectivity index (χ1v) is 6.05. The van der Waals surface area contributed by atoms with E-state index in [2.05, 4.69) is 6.92 Å². The molecule has 1 N–H and O–H groups in total. The number of carboxylic acid groups (broad SMARTS) is 1. The minimum absolute atomic E-state index is 0.368. The molecule has 3 nitrogen and oxygen atoms in total. The van der Waals surface area contributed by atoms with Crippen molar-refractivity contribution >= 4 is 5.97 Å². The zero-order valence-corrected chi connectivity index (χ0v) is 10.7. The second-order valence-corrected chi connectivity index (χ2v) is 4.23. The summed E-state index contributed by atoms with van der Waals surface area (Å²) in [5.74, 6) is -0.867. The number of rotatable bonds is 9. The van der Waals surface area contributed by atoms with Gasteiger partial charge in [-0.1, -0.05) is 38.3 Å². The molecule has 0 radical (unpaired) electrons. The van der Waals surface area contributed by atoms with E-state index in [4.69, 9.17) is 9.84 Å². The van der Waals surface area contributed by atoms with Crippen molar-refractivity contribution in [2.45, 2.75) is 58.5 Å². The van der Waals surface area contributed by atoms with Gasteiger partial charge in [-0.3, -0.25) is 0 Å². The van der Waals surface area contributed by atoms with Crippen molar-refractivity contribution in [3.63, 3.8) is 0 Å². The van der Waals surface area contributed by atoms with Crippen molar-refractivity contribution in [1.82, 2.24) is 0 Å². The second kappa shape index (κ2) is 8.34. The summed E-state index contributed by atoms with van der Waals surface area (Å²) in [6.45, 7) is 6.06. The third-order valence-electron chi connectivity index (χ3n) is 2.69. The van der Waals surface area contributed by atoms with E-state index in [9.17, 15) is 4.79 Å². The molecule has 3 heteroatoms. The molecule has 0 aliphatic heterocycles. The highest BCUT2D eigenvalue weighted by atomic mass is 16.5. The molecule has 0 fully saturated rings. The molecule has 16 heavy (non-hydrogen) atoms. The van der Waals surface area contributed by atoms with Crippen LogP contribution in [0.1, 0.15) is 52.9 Å². The van der Waals surface area contributed by atoms with E-state index in [1.54, 1.807) is 6.92 Å². The zero-order valence-electron chi connectivity index (χ0n) is 10.7. The van der Waals surface area contributed by atoms with Gasteiger partial charge in [-0.05, 0) is 26.7 Å². The van der Waals surface area contributed by atoms with Crippen LogP contribution < -0.4 is 0 Å². The van der Waals surface area contributed by atoms with Gasteiger partial charge in [0.2, 0.25) is 0 Å². The summed E-state index contributed by atoms with van der Waals surface area (Å²) in [6, 6.07) is 0. The normalized spacial score (nSPS) is 15.2. The number of ether oxygens (including phenoxy) is 1. The van der Waals surface area contributed by atoms with Gasteiger partial charge in [0.25, 0.3) is 0 Å². The molecule has 0 spiro atoms. The first-order chi connectivity index (χ1) is 7.56. The van der Waals surface area contributed by atoms with Gasteiger partial charge in [0.05, 0.1) is 6.61 Å². The molecule has 94 valence electrons. The maximum Gasteiger partial charge on any atom is 0.335 e. The Balaban J connectivity index is 4.06. The van der Waals surface area contributed by atoms with Crippen LogP contribution in [-0.2, 0) is 9.53 Å². The first kappa shape index (κ1) is 15.2. The predicted molar refractivity (Wildman–Crippen MR) is 65.6 cm³/mol. The summed E-state index contributed by atoms with van der Waals surface area (Å²) in [5.41, 5.74) is -1.03. The average Bonchev–Trinajstić information content (AvgIpc) is 2.25. The van der Waals surface area contributed by atoms with E-state index in [0.29, 0.717) is 13.0 Å². The van der Waals surface area contributed by atoms with Crippen LogP contribution in [0.3, 0.4) is 0 Å². The lowest BCUT2D eigenvalue weighted by molar-refractivity contribution is -0.163. The zero-order chi connectivity index (χ0) is 12.4. The summed E-state index contributed by atoms with van der Waals surface area (Å²) in [4.78, 5) is 11.1. The molecule has 0 saturated carbocycles. The molecule has 0 aromatic carbocycles. The van der Waals surface area contributed by atoms with Gasteiger partial charge >= 0.3 is 5.97 Å².